The van der Waals surface area contributed by atoms with Crippen LogP contribution >= 0.6 is 11.6 Å². The Labute approximate surface area is 112 Å². The number of aliphatic hydroxyl groups is 1. The van der Waals surface area contributed by atoms with Crippen molar-refractivity contribution in [3.63, 3.8) is 0 Å². The summed E-state index contributed by atoms with van der Waals surface area (Å²) in [5.74, 6) is 0. The number of halogens is 1. The molecule has 3 nitrogen and oxygen atoms in total. The Morgan fingerprint density at radius 1 is 1.44 bits per heavy atom. The minimum atomic E-state index is -0.482. The summed E-state index contributed by atoms with van der Waals surface area (Å²) in [4.78, 5) is 0. The van der Waals surface area contributed by atoms with E-state index in [4.69, 9.17) is 11.6 Å². The zero-order chi connectivity index (χ0) is 13.1. The zero-order valence-corrected chi connectivity index (χ0v) is 11.4. The van der Waals surface area contributed by atoms with Gasteiger partial charge in [0.15, 0.2) is 0 Å². The summed E-state index contributed by atoms with van der Waals surface area (Å²) in [6, 6.07) is 5.64. The molecule has 2 rings (SSSR count). The Bertz CT molecular complexity index is 536. The van der Waals surface area contributed by atoms with Crippen LogP contribution in [-0.2, 0) is 13.5 Å². The zero-order valence-electron chi connectivity index (χ0n) is 10.6. The van der Waals surface area contributed by atoms with Crippen molar-refractivity contribution in [2.45, 2.75) is 25.9 Å². The Morgan fingerprint density at radius 3 is 2.89 bits per heavy atom. The van der Waals surface area contributed by atoms with Crippen molar-refractivity contribution in [2.75, 3.05) is 0 Å². The first-order valence-electron chi connectivity index (χ1n) is 5.98. The van der Waals surface area contributed by atoms with Crippen LogP contribution in [0.15, 0.2) is 30.6 Å². The predicted octanol–water partition coefficient (Wildman–Crippen LogP) is 3.05. The molecule has 1 heterocycles. The number of aryl methyl sites for hydroxylation is 2. The van der Waals surface area contributed by atoms with Gasteiger partial charge in [-0.15, -0.1) is 0 Å². The maximum atomic E-state index is 10.2. The molecule has 1 aromatic carbocycles. The molecule has 4 heteroatoms. The van der Waals surface area contributed by atoms with E-state index in [0.29, 0.717) is 11.4 Å². The number of aliphatic hydroxyl groups excluding tert-OH is 1. The lowest BCUT2D eigenvalue weighted by Crippen LogP contribution is -2.02. The number of aromatic nitrogens is 2. The summed E-state index contributed by atoms with van der Waals surface area (Å²) in [6.45, 7) is 1.94. The summed E-state index contributed by atoms with van der Waals surface area (Å²) in [7, 11) is 1.89. The van der Waals surface area contributed by atoms with Crippen molar-refractivity contribution in [3.8, 4) is 0 Å². The molecule has 0 saturated heterocycles. The summed E-state index contributed by atoms with van der Waals surface area (Å²) in [5, 5.41) is 15.0. The highest BCUT2D eigenvalue weighted by Crippen LogP contribution is 2.26. The van der Waals surface area contributed by atoms with Gasteiger partial charge in [0.2, 0.25) is 0 Å². The summed E-state index contributed by atoms with van der Waals surface area (Å²) >= 11 is 6.05. The largest absolute Gasteiger partial charge is 0.388 e. The molecule has 0 aliphatic heterocycles. The third-order valence-electron chi connectivity index (χ3n) is 3.13. The normalized spacial score (nSPS) is 12.7. The molecule has 0 spiro atoms. The van der Waals surface area contributed by atoms with Crippen LogP contribution in [0.25, 0.3) is 0 Å². The molecule has 0 aliphatic carbocycles. The van der Waals surface area contributed by atoms with Crippen molar-refractivity contribution >= 4 is 11.6 Å². The lowest BCUT2D eigenvalue weighted by molar-refractivity contribution is 0.167. The first-order valence-corrected chi connectivity index (χ1v) is 6.36. The third-order valence-corrected chi connectivity index (χ3v) is 3.54. The van der Waals surface area contributed by atoms with Gasteiger partial charge in [-0.1, -0.05) is 23.7 Å². The van der Waals surface area contributed by atoms with E-state index in [0.717, 1.165) is 23.1 Å². The van der Waals surface area contributed by atoms with Gasteiger partial charge in [-0.05, 0) is 42.5 Å². The van der Waals surface area contributed by atoms with Crippen molar-refractivity contribution in [1.29, 1.82) is 0 Å². The van der Waals surface area contributed by atoms with E-state index in [9.17, 15) is 5.11 Å². The molecule has 2 aromatic rings. The molecule has 0 aliphatic rings. The second kappa shape index (κ2) is 5.55. The molecule has 1 N–H and O–H groups in total. The van der Waals surface area contributed by atoms with Crippen molar-refractivity contribution in [2.24, 2.45) is 7.05 Å². The standard InChI is InChI=1S/C14H17ClN2O/c1-10-12(4-3-5-13(10)15)14(18)7-6-11-8-16-17(2)9-11/h3-5,8-9,14,18H,6-7H2,1-2H3. The van der Waals surface area contributed by atoms with Crippen LogP contribution in [0.3, 0.4) is 0 Å². The lowest BCUT2D eigenvalue weighted by Gasteiger charge is -2.14. The SMILES string of the molecule is Cc1c(Cl)cccc1C(O)CCc1cnn(C)c1. The van der Waals surface area contributed by atoms with Gasteiger partial charge >= 0.3 is 0 Å². The Kier molecular flexibility index (Phi) is 4.04. The highest BCUT2D eigenvalue weighted by atomic mass is 35.5. The van der Waals surface area contributed by atoms with Crippen LogP contribution in [0.5, 0.6) is 0 Å². The number of hydrogen-bond acceptors (Lipinski definition) is 2. The van der Waals surface area contributed by atoms with E-state index in [-0.39, 0.29) is 0 Å². The van der Waals surface area contributed by atoms with Gasteiger partial charge in [0.25, 0.3) is 0 Å². The van der Waals surface area contributed by atoms with Crippen LogP contribution in [0, 0.1) is 6.92 Å². The van der Waals surface area contributed by atoms with Crippen LogP contribution in [0.1, 0.15) is 29.2 Å². The van der Waals surface area contributed by atoms with E-state index in [1.165, 1.54) is 0 Å². The van der Waals surface area contributed by atoms with Crippen LogP contribution < -0.4 is 0 Å². The van der Waals surface area contributed by atoms with Gasteiger partial charge < -0.3 is 5.11 Å². The maximum absolute atomic E-state index is 10.2. The van der Waals surface area contributed by atoms with E-state index < -0.39 is 6.10 Å². The van der Waals surface area contributed by atoms with E-state index >= 15 is 0 Å². The first-order chi connectivity index (χ1) is 8.58. The molecule has 18 heavy (non-hydrogen) atoms. The number of hydrogen-bond donors (Lipinski definition) is 1. The Morgan fingerprint density at radius 2 is 2.22 bits per heavy atom. The maximum Gasteiger partial charge on any atom is 0.0796 e. The summed E-state index contributed by atoms with van der Waals surface area (Å²) in [6.07, 6.45) is 4.80. The molecular weight excluding hydrogens is 248 g/mol. The van der Waals surface area contributed by atoms with Gasteiger partial charge in [0.05, 0.1) is 12.3 Å². The number of nitrogens with zero attached hydrogens (tertiary/aromatic N) is 2. The smallest absolute Gasteiger partial charge is 0.0796 e. The predicted molar refractivity (Wildman–Crippen MR) is 72.7 cm³/mol. The number of benzene rings is 1. The van der Waals surface area contributed by atoms with E-state index in [1.54, 1.807) is 4.68 Å². The quantitative estimate of drug-likeness (QED) is 0.922. The third kappa shape index (κ3) is 2.92. The van der Waals surface area contributed by atoms with Gasteiger partial charge in [0, 0.05) is 18.3 Å². The van der Waals surface area contributed by atoms with Gasteiger partial charge in [0.1, 0.15) is 0 Å². The fourth-order valence-corrected chi connectivity index (χ4v) is 2.23. The molecule has 0 fully saturated rings. The second-order valence-electron chi connectivity index (χ2n) is 4.53. The highest BCUT2D eigenvalue weighted by Gasteiger charge is 2.12. The minimum Gasteiger partial charge on any atom is -0.388 e. The summed E-state index contributed by atoms with van der Waals surface area (Å²) in [5.41, 5.74) is 3.00. The van der Waals surface area contributed by atoms with Gasteiger partial charge in [-0.3, -0.25) is 4.68 Å². The minimum absolute atomic E-state index is 0.482. The molecule has 96 valence electrons. The van der Waals surface area contributed by atoms with Crippen LogP contribution in [0.2, 0.25) is 5.02 Å². The Balaban J connectivity index is 2.03. The fraction of sp³-hybridized carbons (Fsp3) is 0.357. The fourth-order valence-electron chi connectivity index (χ4n) is 2.05. The molecule has 0 saturated carbocycles. The van der Waals surface area contributed by atoms with E-state index in [1.807, 2.05) is 44.6 Å². The number of rotatable bonds is 4. The van der Waals surface area contributed by atoms with Crippen LogP contribution in [0.4, 0.5) is 0 Å². The monoisotopic (exact) mass is 264 g/mol. The Hall–Kier alpha value is -1.32. The topological polar surface area (TPSA) is 38.1 Å². The molecule has 1 atom stereocenters. The van der Waals surface area contributed by atoms with E-state index in [2.05, 4.69) is 5.10 Å². The average Bonchev–Trinajstić information content (AvgIpc) is 2.76. The van der Waals surface area contributed by atoms with Crippen molar-refractivity contribution < 1.29 is 5.11 Å². The van der Waals surface area contributed by atoms with Crippen molar-refractivity contribution in [1.82, 2.24) is 9.78 Å². The highest BCUT2D eigenvalue weighted by molar-refractivity contribution is 6.31. The molecule has 0 radical (unpaired) electrons. The molecule has 1 aromatic heterocycles. The molecular formula is C14H17ClN2O. The molecule has 1 unspecified atom stereocenters. The molecule has 0 bridgehead atoms. The molecule has 0 amide bonds. The van der Waals surface area contributed by atoms with Gasteiger partial charge in [-0.25, -0.2) is 0 Å². The van der Waals surface area contributed by atoms with Crippen LogP contribution in [-0.4, -0.2) is 14.9 Å². The first kappa shape index (κ1) is 13.1. The average molecular weight is 265 g/mol. The van der Waals surface area contributed by atoms with Crippen molar-refractivity contribution in [3.05, 3.63) is 52.3 Å². The summed E-state index contributed by atoms with van der Waals surface area (Å²) < 4.78 is 1.77. The second-order valence-corrected chi connectivity index (χ2v) is 4.94. The van der Waals surface area contributed by atoms with Gasteiger partial charge in [-0.2, -0.15) is 5.10 Å². The lowest BCUT2D eigenvalue weighted by atomic mass is 9.99.